The Hall–Kier alpha value is -0.560. The molecule has 0 N–H and O–H groups in total. The normalized spacial score (nSPS) is 10.9. The summed E-state index contributed by atoms with van der Waals surface area (Å²) in [6.07, 6.45) is 5.79. The summed E-state index contributed by atoms with van der Waals surface area (Å²) in [7, 11) is 4.07. The van der Waals surface area contributed by atoms with Crippen LogP contribution in [0.2, 0.25) is 0 Å². The molecule has 0 aliphatic rings. The average Bonchev–Trinajstić information content (AvgIpc) is 1.66. The van der Waals surface area contributed by atoms with Crippen LogP contribution in [0, 0.1) is 0 Å². The lowest BCUT2D eigenvalue weighted by molar-refractivity contribution is 0.456. The van der Waals surface area contributed by atoms with Crippen molar-refractivity contribution in [1.29, 1.82) is 0 Å². The van der Waals surface area contributed by atoms with Crippen LogP contribution in [0.3, 0.4) is 0 Å². The third-order valence-electron chi connectivity index (χ3n) is 0.743. The Balaban J connectivity index is 3.15. The molecule has 0 unspecified atom stereocenters. The van der Waals surface area contributed by atoms with Crippen molar-refractivity contribution in [2.75, 3.05) is 20.6 Å². The highest BCUT2D eigenvalue weighted by Crippen LogP contribution is 1.76. The lowest BCUT2D eigenvalue weighted by Crippen LogP contribution is -2.10. The lowest BCUT2D eigenvalue weighted by Gasteiger charge is -2.02. The van der Waals surface area contributed by atoms with Crippen LogP contribution >= 0.6 is 0 Å². The van der Waals surface area contributed by atoms with Crippen molar-refractivity contribution in [1.82, 2.24) is 4.90 Å². The first-order chi connectivity index (χ1) is 3.77. The first kappa shape index (κ1) is 7.44. The molecule has 1 heteroatoms. The van der Waals surface area contributed by atoms with Crippen LogP contribution in [0.25, 0.3) is 0 Å². The smallest absolute Gasteiger partial charge is 0.0160 e. The van der Waals surface area contributed by atoms with Crippen molar-refractivity contribution in [2.45, 2.75) is 0 Å². The Morgan fingerprint density at radius 3 is 2.50 bits per heavy atom. The van der Waals surface area contributed by atoms with Gasteiger partial charge in [-0.2, -0.15) is 0 Å². The summed E-state index contributed by atoms with van der Waals surface area (Å²) in [5.41, 5.74) is 0. The van der Waals surface area contributed by atoms with Crippen molar-refractivity contribution >= 4 is 0 Å². The molecule has 1 nitrogen and oxygen atoms in total. The molecule has 0 aromatic heterocycles. The summed E-state index contributed by atoms with van der Waals surface area (Å²) in [6.45, 7) is 4.54. The fourth-order valence-electron chi connectivity index (χ4n) is 0.368. The number of likely N-dealkylation sites (N-methyl/N-ethyl adjacent to an activating group) is 1. The molecule has 0 spiro atoms. The van der Waals surface area contributed by atoms with E-state index in [1.807, 2.05) is 20.2 Å². The molecule has 0 bridgehead atoms. The standard InChI is InChI=1S/C7H13N/c1-4-5-6-7-8(2)3/h4-6H,1,7H2,2-3H3/b6-5-. The number of nitrogens with zero attached hydrogens (tertiary/aromatic N) is 1. The summed E-state index contributed by atoms with van der Waals surface area (Å²) in [6, 6.07) is 0. The first-order valence-electron chi connectivity index (χ1n) is 2.69. The maximum atomic E-state index is 3.55. The van der Waals surface area contributed by atoms with Gasteiger partial charge in [0.15, 0.2) is 0 Å². The van der Waals surface area contributed by atoms with Crippen molar-refractivity contribution in [3.05, 3.63) is 24.8 Å². The summed E-state index contributed by atoms with van der Waals surface area (Å²) >= 11 is 0. The monoisotopic (exact) mass is 111 g/mol. The summed E-state index contributed by atoms with van der Waals surface area (Å²) < 4.78 is 0. The van der Waals surface area contributed by atoms with E-state index in [4.69, 9.17) is 0 Å². The number of rotatable bonds is 3. The second kappa shape index (κ2) is 4.60. The molecule has 0 aliphatic heterocycles. The molecule has 0 fully saturated rings. The van der Waals surface area contributed by atoms with Gasteiger partial charge in [0.2, 0.25) is 0 Å². The number of allylic oxidation sites excluding steroid dienone is 2. The van der Waals surface area contributed by atoms with Gasteiger partial charge in [0.05, 0.1) is 0 Å². The van der Waals surface area contributed by atoms with Crippen LogP contribution in [0.1, 0.15) is 0 Å². The number of hydrogen-bond donors (Lipinski definition) is 0. The van der Waals surface area contributed by atoms with Crippen LogP contribution in [-0.2, 0) is 0 Å². The van der Waals surface area contributed by atoms with Gasteiger partial charge in [-0.3, -0.25) is 0 Å². The minimum atomic E-state index is 0.992. The minimum absolute atomic E-state index is 0.992. The molecule has 0 aromatic rings. The second-order valence-corrected chi connectivity index (χ2v) is 1.93. The van der Waals surface area contributed by atoms with E-state index in [9.17, 15) is 0 Å². The molecular formula is C7H13N. The van der Waals surface area contributed by atoms with E-state index in [-0.39, 0.29) is 0 Å². The highest BCUT2D eigenvalue weighted by atomic mass is 15.0. The molecule has 0 radical (unpaired) electrons. The molecular weight excluding hydrogens is 98.1 g/mol. The van der Waals surface area contributed by atoms with Gasteiger partial charge in [-0.1, -0.05) is 24.8 Å². The van der Waals surface area contributed by atoms with Gasteiger partial charge in [-0.15, -0.1) is 0 Å². The SMILES string of the molecule is C=C/C=C\CN(C)C. The first-order valence-corrected chi connectivity index (χ1v) is 2.69. The zero-order chi connectivity index (χ0) is 6.41. The van der Waals surface area contributed by atoms with E-state index in [1.165, 1.54) is 0 Å². The largest absolute Gasteiger partial charge is 0.306 e. The Morgan fingerprint density at radius 1 is 1.50 bits per heavy atom. The molecule has 0 atom stereocenters. The minimum Gasteiger partial charge on any atom is -0.306 e. The van der Waals surface area contributed by atoms with Crippen LogP contribution < -0.4 is 0 Å². The zero-order valence-electron chi connectivity index (χ0n) is 5.59. The molecule has 0 aromatic carbocycles. The van der Waals surface area contributed by atoms with Gasteiger partial charge in [-0.25, -0.2) is 0 Å². The van der Waals surface area contributed by atoms with Crippen molar-refractivity contribution in [2.24, 2.45) is 0 Å². The van der Waals surface area contributed by atoms with E-state index < -0.39 is 0 Å². The Bertz CT molecular complexity index is 82.4. The molecule has 0 amide bonds. The highest BCUT2D eigenvalue weighted by Gasteiger charge is 1.77. The van der Waals surface area contributed by atoms with Gasteiger partial charge < -0.3 is 4.90 Å². The van der Waals surface area contributed by atoms with Crippen LogP contribution in [0.5, 0.6) is 0 Å². The molecule has 8 heavy (non-hydrogen) atoms. The lowest BCUT2D eigenvalue weighted by atomic mass is 10.5. The van der Waals surface area contributed by atoms with Gasteiger partial charge in [-0.05, 0) is 14.1 Å². The third-order valence-corrected chi connectivity index (χ3v) is 0.743. The average molecular weight is 111 g/mol. The van der Waals surface area contributed by atoms with E-state index in [0.717, 1.165) is 6.54 Å². The fourth-order valence-corrected chi connectivity index (χ4v) is 0.368. The van der Waals surface area contributed by atoms with Crippen molar-refractivity contribution < 1.29 is 0 Å². The molecule has 0 saturated carbocycles. The predicted octanol–water partition coefficient (Wildman–Crippen LogP) is 1.29. The Labute approximate surface area is 51.3 Å². The molecule has 0 heterocycles. The topological polar surface area (TPSA) is 3.24 Å². The zero-order valence-corrected chi connectivity index (χ0v) is 5.59. The molecule has 0 rings (SSSR count). The summed E-state index contributed by atoms with van der Waals surface area (Å²) in [5.74, 6) is 0. The van der Waals surface area contributed by atoms with Gasteiger partial charge in [0, 0.05) is 6.54 Å². The molecule has 0 saturated heterocycles. The Kier molecular flexibility index (Phi) is 4.27. The van der Waals surface area contributed by atoms with Gasteiger partial charge in [0.1, 0.15) is 0 Å². The van der Waals surface area contributed by atoms with Crippen molar-refractivity contribution in [3.8, 4) is 0 Å². The van der Waals surface area contributed by atoms with Gasteiger partial charge >= 0.3 is 0 Å². The van der Waals surface area contributed by atoms with Crippen LogP contribution in [0.4, 0.5) is 0 Å². The van der Waals surface area contributed by atoms with Gasteiger partial charge in [0.25, 0.3) is 0 Å². The van der Waals surface area contributed by atoms with Crippen LogP contribution in [0.15, 0.2) is 24.8 Å². The van der Waals surface area contributed by atoms with Crippen molar-refractivity contribution in [3.63, 3.8) is 0 Å². The van der Waals surface area contributed by atoms with Crippen LogP contribution in [-0.4, -0.2) is 25.5 Å². The predicted molar refractivity (Wildman–Crippen MR) is 37.9 cm³/mol. The third kappa shape index (κ3) is 5.44. The maximum Gasteiger partial charge on any atom is 0.0160 e. The maximum absolute atomic E-state index is 3.55. The van der Waals surface area contributed by atoms with E-state index >= 15 is 0 Å². The quantitative estimate of drug-likeness (QED) is 0.496. The second-order valence-electron chi connectivity index (χ2n) is 1.93. The number of hydrogen-bond acceptors (Lipinski definition) is 1. The van der Waals surface area contributed by atoms with E-state index in [0.29, 0.717) is 0 Å². The molecule has 46 valence electrons. The van der Waals surface area contributed by atoms with E-state index in [2.05, 4.69) is 17.6 Å². The summed E-state index contributed by atoms with van der Waals surface area (Å²) in [5, 5.41) is 0. The van der Waals surface area contributed by atoms with E-state index in [1.54, 1.807) is 6.08 Å². The summed E-state index contributed by atoms with van der Waals surface area (Å²) in [4.78, 5) is 2.10. The molecule has 0 aliphatic carbocycles. The Morgan fingerprint density at radius 2 is 2.12 bits per heavy atom. The highest BCUT2D eigenvalue weighted by molar-refractivity contribution is 4.97. The fraction of sp³-hybridized carbons (Fsp3) is 0.429.